The number of hydrogen-bond donors (Lipinski definition) is 1. The first-order chi connectivity index (χ1) is 14.1. The Labute approximate surface area is 175 Å². The smallest absolute Gasteiger partial charge is 0.219 e. The van der Waals surface area contributed by atoms with Crippen LogP contribution in [-0.2, 0) is 14.6 Å². The zero-order valence-corrected chi connectivity index (χ0v) is 18.1. The van der Waals surface area contributed by atoms with E-state index in [1.54, 1.807) is 31.3 Å². The summed E-state index contributed by atoms with van der Waals surface area (Å²) in [4.78, 5) is 22.7. The third kappa shape index (κ3) is 3.65. The number of anilines is 1. The van der Waals surface area contributed by atoms with Gasteiger partial charge in [0, 0.05) is 43.9 Å². The van der Waals surface area contributed by atoms with Crippen molar-refractivity contribution in [2.24, 2.45) is 0 Å². The second kappa shape index (κ2) is 7.39. The van der Waals surface area contributed by atoms with E-state index in [-0.39, 0.29) is 16.7 Å². The Morgan fingerprint density at radius 1 is 1.23 bits per heavy atom. The minimum absolute atomic E-state index is 0.0921. The summed E-state index contributed by atoms with van der Waals surface area (Å²) in [6.07, 6.45) is 6.48. The first kappa shape index (κ1) is 20.3. The first-order valence-corrected chi connectivity index (χ1v) is 11.7. The number of aryl methyl sites for hydroxylation is 1. The van der Waals surface area contributed by atoms with E-state index < -0.39 is 9.84 Å². The van der Waals surface area contributed by atoms with Crippen molar-refractivity contribution in [1.82, 2.24) is 19.3 Å². The number of carbonyl (C=O) groups is 1. The maximum Gasteiger partial charge on any atom is 0.219 e. The number of carbonyl (C=O) groups excluding carboxylic acids is 1. The van der Waals surface area contributed by atoms with Crippen LogP contribution < -0.4 is 5.73 Å². The summed E-state index contributed by atoms with van der Waals surface area (Å²) < 4.78 is 26.0. The number of amides is 1. The van der Waals surface area contributed by atoms with E-state index in [4.69, 9.17) is 5.73 Å². The number of likely N-dealkylation sites (tertiary alicyclic amines) is 1. The maximum absolute atomic E-state index is 12.0. The van der Waals surface area contributed by atoms with Gasteiger partial charge in [0.25, 0.3) is 0 Å². The number of aromatic nitrogens is 3. The summed E-state index contributed by atoms with van der Waals surface area (Å²) in [6.45, 7) is 4.93. The monoisotopic (exact) mass is 427 g/mol. The molecule has 3 aromatic rings. The number of sulfone groups is 1. The van der Waals surface area contributed by atoms with Gasteiger partial charge in [0.1, 0.15) is 0 Å². The van der Waals surface area contributed by atoms with Crippen LogP contribution in [0.4, 0.5) is 5.82 Å². The van der Waals surface area contributed by atoms with Crippen LogP contribution in [0, 0.1) is 6.92 Å². The van der Waals surface area contributed by atoms with Crippen LogP contribution in [0.3, 0.4) is 0 Å². The van der Waals surface area contributed by atoms with Crippen molar-refractivity contribution < 1.29 is 13.2 Å². The van der Waals surface area contributed by atoms with E-state index in [1.807, 2.05) is 22.4 Å². The zero-order chi connectivity index (χ0) is 21.6. The summed E-state index contributed by atoms with van der Waals surface area (Å²) in [5.41, 5.74) is 10.1. The normalized spacial score (nSPS) is 15.6. The van der Waals surface area contributed by atoms with Gasteiger partial charge in [0.2, 0.25) is 5.91 Å². The zero-order valence-electron chi connectivity index (χ0n) is 17.3. The lowest BCUT2D eigenvalue weighted by molar-refractivity contribution is -0.129. The molecule has 158 valence electrons. The summed E-state index contributed by atoms with van der Waals surface area (Å²) in [6, 6.07) is 5.09. The number of imidazole rings is 1. The summed E-state index contributed by atoms with van der Waals surface area (Å²) >= 11 is 0. The van der Waals surface area contributed by atoms with Crippen molar-refractivity contribution >= 4 is 27.2 Å². The number of benzene rings is 1. The SMILES string of the molecule is CC(=O)N1CCC(c2cn3c(-c4cc(S(C)(=O)=O)ccc4C)cnc3c(N)n2)CC1. The Hall–Kier alpha value is -2.94. The molecule has 1 fully saturated rings. The molecule has 1 amide bonds. The molecule has 2 aromatic heterocycles. The van der Waals surface area contributed by atoms with Crippen molar-refractivity contribution in [2.75, 3.05) is 25.1 Å². The molecule has 0 saturated carbocycles. The molecule has 3 heterocycles. The van der Waals surface area contributed by atoms with Gasteiger partial charge in [-0.3, -0.25) is 9.20 Å². The number of piperidine rings is 1. The molecule has 9 heteroatoms. The van der Waals surface area contributed by atoms with Gasteiger partial charge in [-0.25, -0.2) is 18.4 Å². The molecule has 0 atom stereocenters. The van der Waals surface area contributed by atoms with Gasteiger partial charge in [0.05, 0.1) is 22.5 Å². The van der Waals surface area contributed by atoms with E-state index in [1.165, 1.54) is 6.26 Å². The number of nitrogens with two attached hydrogens (primary N) is 1. The van der Waals surface area contributed by atoms with Crippen molar-refractivity contribution in [3.8, 4) is 11.3 Å². The van der Waals surface area contributed by atoms with E-state index in [0.29, 0.717) is 24.6 Å². The number of rotatable bonds is 3. The molecule has 0 aliphatic carbocycles. The number of hydrogen-bond acceptors (Lipinski definition) is 6. The average Bonchev–Trinajstić information content (AvgIpc) is 3.12. The van der Waals surface area contributed by atoms with Gasteiger partial charge >= 0.3 is 0 Å². The molecule has 0 spiro atoms. The lowest BCUT2D eigenvalue weighted by Crippen LogP contribution is -2.36. The second-order valence-corrected chi connectivity index (χ2v) is 9.93. The van der Waals surface area contributed by atoms with E-state index in [0.717, 1.165) is 35.4 Å². The lowest BCUT2D eigenvalue weighted by atomic mass is 9.93. The van der Waals surface area contributed by atoms with Gasteiger partial charge in [-0.2, -0.15) is 0 Å². The number of nitrogens with zero attached hydrogens (tertiary/aromatic N) is 4. The van der Waals surface area contributed by atoms with Gasteiger partial charge in [0.15, 0.2) is 21.3 Å². The van der Waals surface area contributed by atoms with Crippen LogP contribution in [0.15, 0.2) is 35.5 Å². The van der Waals surface area contributed by atoms with Gasteiger partial charge < -0.3 is 10.6 Å². The molecule has 0 unspecified atom stereocenters. The van der Waals surface area contributed by atoms with Crippen LogP contribution in [0.2, 0.25) is 0 Å². The Bertz CT molecular complexity index is 1240. The third-order valence-corrected chi connectivity index (χ3v) is 6.92. The first-order valence-electron chi connectivity index (χ1n) is 9.85. The summed E-state index contributed by atoms with van der Waals surface area (Å²) in [5, 5.41) is 0. The molecule has 1 saturated heterocycles. The van der Waals surface area contributed by atoms with Crippen molar-refractivity contribution in [3.05, 3.63) is 41.9 Å². The second-order valence-electron chi connectivity index (χ2n) is 7.92. The lowest BCUT2D eigenvalue weighted by Gasteiger charge is -2.31. The topological polar surface area (TPSA) is 111 Å². The number of nitrogen functional groups attached to an aromatic ring is 1. The Balaban J connectivity index is 1.78. The molecule has 2 N–H and O–H groups in total. The standard InChI is InChI=1S/C21H25N5O3S/c1-13-4-5-16(30(3,28)29)10-17(13)19-11-23-21-20(22)24-18(12-26(19)21)15-6-8-25(9-7-15)14(2)27/h4-5,10-12,15H,6-9H2,1-3H3,(H2,22,24). The van der Waals surface area contributed by atoms with E-state index in [2.05, 4.69) is 9.97 Å². The molecule has 1 aliphatic rings. The van der Waals surface area contributed by atoms with E-state index in [9.17, 15) is 13.2 Å². The quantitative estimate of drug-likeness (QED) is 0.687. The largest absolute Gasteiger partial charge is 0.381 e. The Kier molecular flexibility index (Phi) is 5.01. The molecule has 30 heavy (non-hydrogen) atoms. The predicted molar refractivity (Wildman–Crippen MR) is 115 cm³/mol. The van der Waals surface area contributed by atoms with Crippen molar-refractivity contribution in [2.45, 2.75) is 37.5 Å². The minimum atomic E-state index is -3.33. The number of fused-ring (bicyclic) bond motifs is 1. The van der Waals surface area contributed by atoms with E-state index >= 15 is 0 Å². The van der Waals surface area contributed by atoms with Crippen LogP contribution in [0.1, 0.15) is 36.9 Å². The average molecular weight is 428 g/mol. The highest BCUT2D eigenvalue weighted by Gasteiger charge is 2.24. The fourth-order valence-electron chi connectivity index (χ4n) is 4.03. The molecular weight excluding hydrogens is 402 g/mol. The summed E-state index contributed by atoms with van der Waals surface area (Å²) in [7, 11) is -3.33. The molecule has 1 aromatic carbocycles. The minimum Gasteiger partial charge on any atom is -0.381 e. The van der Waals surface area contributed by atoms with Crippen LogP contribution >= 0.6 is 0 Å². The Morgan fingerprint density at radius 2 is 1.93 bits per heavy atom. The van der Waals surface area contributed by atoms with Crippen LogP contribution in [0.25, 0.3) is 16.9 Å². The highest BCUT2D eigenvalue weighted by Crippen LogP contribution is 2.32. The van der Waals surface area contributed by atoms with Gasteiger partial charge in [-0.1, -0.05) is 6.07 Å². The van der Waals surface area contributed by atoms with Crippen molar-refractivity contribution in [1.29, 1.82) is 0 Å². The highest BCUT2D eigenvalue weighted by molar-refractivity contribution is 7.90. The molecular formula is C21H25N5O3S. The molecule has 0 radical (unpaired) electrons. The van der Waals surface area contributed by atoms with Crippen LogP contribution in [-0.4, -0.2) is 52.9 Å². The fourth-order valence-corrected chi connectivity index (χ4v) is 4.67. The molecule has 4 rings (SSSR count). The van der Waals surface area contributed by atoms with Gasteiger partial charge in [-0.15, -0.1) is 0 Å². The predicted octanol–water partition coefficient (Wildman–Crippen LogP) is 2.42. The molecule has 0 bridgehead atoms. The third-order valence-electron chi connectivity index (χ3n) is 5.81. The van der Waals surface area contributed by atoms with Crippen molar-refractivity contribution in [3.63, 3.8) is 0 Å². The van der Waals surface area contributed by atoms with Crippen LogP contribution in [0.5, 0.6) is 0 Å². The maximum atomic E-state index is 12.0. The molecule has 1 aliphatic heterocycles. The Morgan fingerprint density at radius 3 is 2.57 bits per heavy atom. The molecule has 8 nitrogen and oxygen atoms in total. The summed E-state index contributed by atoms with van der Waals surface area (Å²) in [5.74, 6) is 0.630. The van der Waals surface area contributed by atoms with Gasteiger partial charge in [-0.05, 0) is 37.5 Å². The highest BCUT2D eigenvalue weighted by atomic mass is 32.2. The fraction of sp³-hybridized carbons (Fsp3) is 0.381.